The maximum atomic E-state index is 9.21. The molecule has 1 aromatic carbocycles. The zero-order chi connectivity index (χ0) is 15.5. The zero-order valence-electron chi connectivity index (χ0n) is 12.7. The van der Waals surface area contributed by atoms with Crippen molar-refractivity contribution in [2.24, 2.45) is 5.41 Å². The Kier molecular flexibility index (Phi) is 4.87. The summed E-state index contributed by atoms with van der Waals surface area (Å²) in [7, 11) is 1.71. The van der Waals surface area contributed by atoms with Crippen LogP contribution in [0.2, 0.25) is 0 Å². The molecule has 0 aliphatic carbocycles. The number of ether oxygens (including phenoxy) is 1. The number of para-hydroxylation sites is 1. The van der Waals surface area contributed by atoms with Crippen molar-refractivity contribution in [1.29, 1.82) is 5.26 Å². The minimum atomic E-state index is 0.0626. The van der Waals surface area contributed by atoms with Gasteiger partial charge in [0, 0.05) is 20.3 Å². The van der Waals surface area contributed by atoms with Crippen LogP contribution < -0.4 is 0 Å². The van der Waals surface area contributed by atoms with Crippen molar-refractivity contribution in [2.75, 3.05) is 13.7 Å². The molecule has 112 valence electrons. The monoisotopic (exact) mass is 305 g/mol. The van der Waals surface area contributed by atoms with Crippen LogP contribution in [0.5, 0.6) is 0 Å². The van der Waals surface area contributed by atoms with E-state index in [-0.39, 0.29) is 5.41 Å². The largest absolute Gasteiger partial charge is 0.385 e. The van der Waals surface area contributed by atoms with Gasteiger partial charge in [-0.25, -0.2) is 4.98 Å². The van der Waals surface area contributed by atoms with Gasteiger partial charge in [-0.15, -0.1) is 11.6 Å². The molecule has 0 atom stereocenters. The van der Waals surface area contributed by atoms with Crippen LogP contribution in [0.1, 0.15) is 31.7 Å². The Morgan fingerprint density at radius 1 is 1.43 bits per heavy atom. The molecule has 0 bridgehead atoms. The van der Waals surface area contributed by atoms with E-state index in [1.165, 1.54) is 0 Å². The molecule has 0 radical (unpaired) electrons. The molecular formula is C16H20ClN3O. The predicted octanol–water partition coefficient (Wildman–Crippen LogP) is 3.71. The lowest BCUT2D eigenvalue weighted by atomic mass is 9.89. The molecule has 0 saturated heterocycles. The molecule has 1 heterocycles. The van der Waals surface area contributed by atoms with Crippen molar-refractivity contribution >= 4 is 22.6 Å². The Labute approximate surface area is 130 Å². The van der Waals surface area contributed by atoms with Crippen LogP contribution in [0.15, 0.2) is 18.2 Å². The Morgan fingerprint density at radius 2 is 2.19 bits per heavy atom. The van der Waals surface area contributed by atoms with Crippen LogP contribution in [0, 0.1) is 16.7 Å². The first kappa shape index (κ1) is 15.8. The Hall–Kier alpha value is -1.57. The summed E-state index contributed by atoms with van der Waals surface area (Å²) in [6.07, 6.45) is 0.947. The first-order valence-corrected chi connectivity index (χ1v) is 7.49. The van der Waals surface area contributed by atoms with Gasteiger partial charge < -0.3 is 9.30 Å². The highest BCUT2D eigenvalue weighted by Crippen LogP contribution is 2.28. The smallest absolute Gasteiger partial charge is 0.124 e. The van der Waals surface area contributed by atoms with Crippen molar-refractivity contribution in [1.82, 2.24) is 9.55 Å². The topological polar surface area (TPSA) is 50.8 Å². The number of halogens is 1. The maximum absolute atomic E-state index is 9.21. The van der Waals surface area contributed by atoms with E-state index in [9.17, 15) is 5.26 Å². The second kappa shape index (κ2) is 6.46. The fourth-order valence-corrected chi connectivity index (χ4v) is 2.65. The van der Waals surface area contributed by atoms with Crippen molar-refractivity contribution in [3.05, 3.63) is 29.6 Å². The number of aromatic nitrogens is 2. The lowest BCUT2D eigenvalue weighted by Gasteiger charge is -2.26. The van der Waals surface area contributed by atoms with Gasteiger partial charge in [0.2, 0.25) is 0 Å². The highest BCUT2D eigenvalue weighted by Gasteiger charge is 2.22. The quantitative estimate of drug-likeness (QED) is 0.764. The molecule has 0 spiro atoms. The first-order chi connectivity index (χ1) is 10.0. The van der Waals surface area contributed by atoms with Crippen LogP contribution in [0.3, 0.4) is 0 Å². The maximum Gasteiger partial charge on any atom is 0.124 e. The van der Waals surface area contributed by atoms with Crippen LogP contribution in [0.25, 0.3) is 11.0 Å². The van der Waals surface area contributed by atoms with Gasteiger partial charge in [0.15, 0.2) is 0 Å². The summed E-state index contributed by atoms with van der Waals surface area (Å²) in [5.41, 5.74) is 2.35. The van der Waals surface area contributed by atoms with Gasteiger partial charge in [-0.05, 0) is 24.0 Å². The molecule has 2 aromatic rings. The van der Waals surface area contributed by atoms with E-state index in [2.05, 4.69) is 29.5 Å². The first-order valence-electron chi connectivity index (χ1n) is 6.95. The fraction of sp³-hybridized carbons (Fsp3) is 0.500. The fourth-order valence-electron chi connectivity index (χ4n) is 2.45. The third kappa shape index (κ3) is 3.37. The minimum Gasteiger partial charge on any atom is -0.385 e. The van der Waals surface area contributed by atoms with E-state index in [1.807, 2.05) is 12.1 Å². The van der Waals surface area contributed by atoms with E-state index < -0.39 is 0 Å². The number of benzene rings is 1. The summed E-state index contributed by atoms with van der Waals surface area (Å²) >= 11 is 6.04. The van der Waals surface area contributed by atoms with E-state index >= 15 is 0 Å². The number of methoxy groups -OCH3 is 1. The van der Waals surface area contributed by atoms with Gasteiger partial charge in [0.05, 0.1) is 17.0 Å². The molecule has 5 heteroatoms. The summed E-state index contributed by atoms with van der Waals surface area (Å²) in [5, 5.41) is 9.21. The van der Waals surface area contributed by atoms with Crippen LogP contribution in [-0.4, -0.2) is 23.3 Å². The van der Waals surface area contributed by atoms with Gasteiger partial charge >= 0.3 is 0 Å². The normalized spacial score (nSPS) is 11.8. The molecule has 1 aromatic heterocycles. The second-order valence-corrected chi connectivity index (χ2v) is 6.21. The summed E-state index contributed by atoms with van der Waals surface area (Å²) < 4.78 is 7.31. The molecule has 0 aliphatic rings. The van der Waals surface area contributed by atoms with Crippen molar-refractivity contribution in [3.63, 3.8) is 0 Å². The molecule has 0 amide bonds. The summed E-state index contributed by atoms with van der Waals surface area (Å²) in [4.78, 5) is 4.54. The number of rotatable bonds is 6. The minimum absolute atomic E-state index is 0.0626. The molecule has 21 heavy (non-hydrogen) atoms. The molecule has 0 aliphatic heterocycles. The average Bonchev–Trinajstić information content (AvgIpc) is 2.82. The number of fused-ring (bicyclic) bond motifs is 1. The summed E-state index contributed by atoms with van der Waals surface area (Å²) in [6, 6.07) is 7.86. The standard InChI is InChI=1S/C16H20ClN3O/c1-16(2,7-8-21-3)11-20-13-6-4-5-12(10-18)15(13)19-14(20)9-17/h4-6H,7-9,11H2,1-3H3. The highest BCUT2D eigenvalue weighted by molar-refractivity contribution is 6.16. The lowest BCUT2D eigenvalue weighted by Crippen LogP contribution is -2.22. The lowest BCUT2D eigenvalue weighted by molar-refractivity contribution is 0.143. The molecule has 0 saturated carbocycles. The number of imidazole rings is 1. The Morgan fingerprint density at radius 3 is 2.81 bits per heavy atom. The predicted molar refractivity (Wildman–Crippen MR) is 84.3 cm³/mol. The second-order valence-electron chi connectivity index (χ2n) is 5.94. The van der Waals surface area contributed by atoms with Crippen LogP contribution in [-0.2, 0) is 17.2 Å². The van der Waals surface area contributed by atoms with E-state index in [0.717, 1.165) is 36.4 Å². The molecule has 0 unspecified atom stereocenters. The van der Waals surface area contributed by atoms with E-state index in [4.69, 9.17) is 16.3 Å². The van der Waals surface area contributed by atoms with Gasteiger partial charge in [-0.2, -0.15) is 5.26 Å². The van der Waals surface area contributed by atoms with Crippen molar-refractivity contribution in [2.45, 2.75) is 32.7 Å². The molecule has 2 rings (SSSR count). The van der Waals surface area contributed by atoms with Gasteiger partial charge in [0.25, 0.3) is 0 Å². The zero-order valence-corrected chi connectivity index (χ0v) is 13.4. The Bertz CT molecular complexity index is 670. The average molecular weight is 306 g/mol. The van der Waals surface area contributed by atoms with Crippen LogP contribution in [0.4, 0.5) is 0 Å². The number of nitriles is 1. The van der Waals surface area contributed by atoms with Crippen LogP contribution >= 0.6 is 11.6 Å². The SMILES string of the molecule is COCCC(C)(C)Cn1c(CCl)nc2c(C#N)cccc21. The van der Waals surface area contributed by atoms with Gasteiger partial charge in [-0.3, -0.25) is 0 Å². The van der Waals surface area contributed by atoms with Crippen molar-refractivity contribution in [3.8, 4) is 6.07 Å². The number of alkyl halides is 1. The molecule has 4 nitrogen and oxygen atoms in total. The van der Waals surface area contributed by atoms with Gasteiger partial charge in [0.1, 0.15) is 17.4 Å². The van der Waals surface area contributed by atoms with Gasteiger partial charge in [-0.1, -0.05) is 19.9 Å². The summed E-state index contributed by atoms with van der Waals surface area (Å²) in [6.45, 7) is 5.91. The number of hydrogen-bond acceptors (Lipinski definition) is 3. The third-order valence-electron chi connectivity index (χ3n) is 3.67. The summed E-state index contributed by atoms with van der Waals surface area (Å²) in [5.74, 6) is 1.14. The van der Waals surface area contributed by atoms with Crippen molar-refractivity contribution < 1.29 is 4.74 Å². The van der Waals surface area contributed by atoms with E-state index in [1.54, 1.807) is 13.2 Å². The molecular weight excluding hydrogens is 286 g/mol. The third-order valence-corrected chi connectivity index (χ3v) is 3.91. The van der Waals surface area contributed by atoms with E-state index in [0.29, 0.717) is 11.4 Å². The molecule has 0 fully saturated rings. The molecule has 0 N–H and O–H groups in total. The Balaban J connectivity index is 2.45. The number of hydrogen-bond donors (Lipinski definition) is 0. The number of nitrogens with zero attached hydrogens (tertiary/aromatic N) is 3. The highest BCUT2D eigenvalue weighted by atomic mass is 35.5.